The van der Waals surface area contributed by atoms with Crippen LogP contribution in [0.1, 0.15) is 34.1 Å². The number of carbonyl (C=O) groups is 2. The van der Waals surface area contributed by atoms with Crippen LogP contribution in [0.5, 0.6) is 0 Å². The van der Waals surface area contributed by atoms with Gasteiger partial charge in [-0.25, -0.2) is 0 Å². The summed E-state index contributed by atoms with van der Waals surface area (Å²) in [6.45, 7) is 8.61. The van der Waals surface area contributed by atoms with E-state index in [2.05, 4.69) is 19.2 Å². The van der Waals surface area contributed by atoms with Crippen molar-refractivity contribution in [3.05, 3.63) is 0 Å². The molecule has 0 bridgehead atoms. The molecular formula is C13H24N2O3. The zero-order chi connectivity index (χ0) is 13.9. The lowest BCUT2D eigenvalue weighted by atomic mass is 9.92. The Morgan fingerprint density at radius 2 is 1.78 bits per heavy atom. The lowest BCUT2D eigenvalue weighted by Gasteiger charge is -2.35. The van der Waals surface area contributed by atoms with E-state index in [9.17, 15) is 9.59 Å². The molecule has 0 aliphatic carbocycles. The predicted molar refractivity (Wildman–Crippen MR) is 68.8 cm³/mol. The van der Waals surface area contributed by atoms with E-state index >= 15 is 0 Å². The summed E-state index contributed by atoms with van der Waals surface area (Å²) in [5.41, 5.74) is -0.764. The Balaban J connectivity index is 2.61. The molecule has 1 fully saturated rings. The molecule has 0 radical (unpaired) electrons. The van der Waals surface area contributed by atoms with Crippen LogP contribution in [0.25, 0.3) is 0 Å². The van der Waals surface area contributed by atoms with Gasteiger partial charge in [-0.15, -0.1) is 0 Å². The van der Waals surface area contributed by atoms with Crippen molar-refractivity contribution in [1.82, 2.24) is 10.2 Å². The standard InChI is InChI=1S/C13H24N2O3/c1-9-5-10(2)7-15(6-9)12(18)11(17)14-13(3,4)8-16/h9-10,16H,5-8H2,1-4H3,(H,14,17). The molecule has 0 spiro atoms. The lowest BCUT2D eigenvalue weighted by molar-refractivity contribution is -0.148. The molecule has 0 saturated carbocycles. The van der Waals surface area contributed by atoms with Gasteiger partial charge in [-0.2, -0.15) is 0 Å². The Bertz CT molecular complexity index is 318. The molecule has 1 aliphatic rings. The molecule has 1 saturated heterocycles. The zero-order valence-electron chi connectivity index (χ0n) is 11.7. The van der Waals surface area contributed by atoms with Crippen molar-refractivity contribution in [2.24, 2.45) is 11.8 Å². The molecule has 104 valence electrons. The molecule has 1 heterocycles. The number of hydrogen-bond donors (Lipinski definition) is 2. The third-order valence-electron chi connectivity index (χ3n) is 3.20. The monoisotopic (exact) mass is 256 g/mol. The lowest BCUT2D eigenvalue weighted by Crippen LogP contribution is -2.54. The highest BCUT2D eigenvalue weighted by molar-refractivity contribution is 6.35. The minimum atomic E-state index is -0.764. The first-order valence-corrected chi connectivity index (χ1v) is 6.47. The smallest absolute Gasteiger partial charge is 0.311 e. The highest BCUT2D eigenvalue weighted by Gasteiger charge is 2.31. The number of nitrogens with zero attached hydrogens (tertiary/aromatic N) is 1. The Morgan fingerprint density at radius 3 is 2.22 bits per heavy atom. The van der Waals surface area contributed by atoms with Crippen molar-refractivity contribution in [1.29, 1.82) is 0 Å². The number of carbonyl (C=O) groups excluding carboxylic acids is 2. The molecule has 0 aromatic rings. The van der Waals surface area contributed by atoms with Gasteiger partial charge in [0.15, 0.2) is 0 Å². The van der Waals surface area contributed by atoms with Gasteiger partial charge in [0.25, 0.3) is 0 Å². The van der Waals surface area contributed by atoms with Gasteiger partial charge in [0.1, 0.15) is 0 Å². The summed E-state index contributed by atoms with van der Waals surface area (Å²) in [5.74, 6) is -0.266. The first-order valence-electron chi connectivity index (χ1n) is 6.47. The summed E-state index contributed by atoms with van der Waals surface area (Å²) in [6.07, 6.45) is 1.09. The molecule has 0 aromatic carbocycles. The highest BCUT2D eigenvalue weighted by atomic mass is 16.3. The van der Waals surface area contributed by atoms with E-state index in [0.29, 0.717) is 24.9 Å². The topological polar surface area (TPSA) is 69.6 Å². The van der Waals surface area contributed by atoms with Crippen LogP contribution in [0.15, 0.2) is 0 Å². The fourth-order valence-electron chi connectivity index (χ4n) is 2.37. The molecule has 1 rings (SSSR count). The quantitative estimate of drug-likeness (QED) is 0.702. The number of rotatable bonds is 2. The normalized spacial score (nSPS) is 24.8. The fourth-order valence-corrected chi connectivity index (χ4v) is 2.37. The maximum absolute atomic E-state index is 12.0. The maximum Gasteiger partial charge on any atom is 0.311 e. The molecule has 2 N–H and O–H groups in total. The number of nitrogens with one attached hydrogen (secondary N) is 1. The van der Waals surface area contributed by atoms with Gasteiger partial charge in [0.2, 0.25) is 0 Å². The van der Waals surface area contributed by atoms with E-state index in [0.717, 1.165) is 6.42 Å². The SMILES string of the molecule is CC1CC(C)CN(C(=O)C(=O)NC(C)(C)CO)C1. The third kappa shape index (κ3) is 3.98. The van der Waals surface area contributed by atoms with E-state index in [-0.39, 0.29) is 6.61 Å². The maximum atomic E-state index is 12.0. The van der Waals surface area contributed by atoms with Gasteiger partial charge in [0.05, 0.1) is 12.1 Å². The predicted octanol–water partition coefficient (Wildman–Crippen LogP) is 0.378. The largest absolute Gasteiger partial charge is 0.394 e. The van der Waals surface area contributed by atoms with Gasteiger partial charge in [-0.3, -0.25) is 9.59 Å². The molecule has 0 aromatic heterocycles. The van der Waals surface area contributed by atoms with Gasteiger partial charge in [0, 0.05) is 13.1 Å². The Kier molecular flexibility index (Phi) is 4.73. The van der Waals surface area contributed by atoms with Crippen molar-refractivity contribution in [3.63, 3.8) is 0 Å². The van der Waals surface area contributed by atoms with Crippen LogP contribution < -0.4 is 5.32 Å². The number of aliphatic hydroxyl groups is 1. The average Bonchev–Trinajstić information content (AvgIpc) is 2.26. The molecular weight excluding hydrogens is 232 g/mol. The highest BCUT2D eigenvalue weighted by Crippen LogP contribution is 2.20. The Morgan fingerprint density at radius 1 is 1.28 bits per heavy atom. The van der Waals surface area contributed by atoms with E-state index in [4.69, 9.17) is 5.11 Å². The van der Waals surface area contributed by atoms with Gasteiger partial charge in [-0.05, 0) is 32.1 Å². The summed E-state index contributed by atoms with van der Waals surface area (Å²) in [7, 11) is 0. The second kappa shape index (κ2) is 5.69. The van der Waals surface area contributed by atoms with Crippen LogP contribution in [-0.2, 0) is 9.59 Å². The van der Waals surface area contributed by atoms with Crippen molar-refractivity contribution in [2.75, 3.05) is 19.7 Å². The molecule has 18 heavy (non-hydrogen) atoms. The van der Waals surface area contributed by atoms with Crippen molar-refractivity contribution in [3.8, 4) is 0 Å². The summed E-state index contributed by atoms with van der Waals surface area (Å²) in [5, 5.41) is 11.6. The minimum Gasteiger partial charge on any atom is -0.394 e. The van der Waals surface area contributed by atoms with E-state index in [1.807, 2.05) is 0 Å². The number of aliphatic hydroxyl groups excluding tert-OH is 1. The second-order valence-corrected chi connectivity index (χ2v) is 6.15. The van der Waals surface area contributed by atoms with Crippen LogP contribution in [0.4, 0.5) is 0 Å². The molecule has 5 nitrogen and oxygen atoms in total. The van der Waals surface area contributed by atoms with Crippen molar-refractivity contribution in [2.45, 2.75) is 39.7 Å². The molecule has 5 heteroatoms. The average molecular weight is 256 g/mol. The van der Waals surface area contributed by atoms with Crippen molar-refractivity contribution < 1.29 is 14.7 Å². The first-order chi connectivity index (χ1) is 8.25. The number of amides is 2. The van der Waals surface area contributed by atoms with Crippen molar-refractivity contribution >= 4 is 11.8 Å². The van der Waals surface area contributed by atoms with Gasteiger partial charge in [-0.1, -0.05) is 13.8 Å². The summed E-state index contributed by atoms with van der Waals surface area (Å²) in [6, 6.07) is 0. The third-order valence-corrected chi connectivity index (χ3v) is 3.20. The van der Waals surface area contributed by atoms with Gasteiger partial charge >= 0.3 is 11.8 Å². The second-order valence-electron chi connectivity index (χ2n) is 6.15. The van der Waals surface area contributed by atoms with Gasteiger partial charge < -0.3 is 15.3 Å². The molecule has 2 atom stereocenters. The molecule has 2 unspecified atom stereocenters. The van der Waals surface area contributed by atoms with E-state index < -0.39 is 17.4 Å². The number of likely N-dealkylation sites (tertiary alicyclic amines) is 1. The summed E-state index contributed by atoms with van der Waals surface area (Å²) in [4.78, 5) is 25.4. The van der Waals surface area contributed by atoms with Crippen LogP contribution in [0.2, 0.25) is 0 Å². The zero-order valence-corrected chi connectivity index (χ0v) is 11.7. The van der Waals surface area contributed by atoms with E-state index in [1.54, 1.807) is 18.7 Å². The molecule has 1 aliphatic heterocycles. The summed E-state index contributed by atoms with van der Waals surface area (Å²) >= 11 is 0. The fraction of sp³-hybridized carbons (Fsp3) is 0.846. The van der Waals surface area contributed by atoms with Crippen LogP contribution in [0, 0.1) is 11.8 Å². The first kappa shape index (κ1) is 15.0. The Hall–Kier alpha value is -1.10. The van der Waals surface area contributed by atoms with E-state index in [1.165, 1.54) is 0 Å². The summed E-state index contributed by atoms with van der Waals surface area (Å²) < 4.78 is 0. The Labute approximate surface area is 109 Å². The van der Waals surface area contributed by atoms with Crippen LogP contribution in [0.3, 0.4) is 0 Å². The number of piperidine rings is 1. The minimum absolute atomic E-state index is 0.196. The number of hydrogen-bond acceptors (Lipinski definition) is 3. The molecule has 2 amide bonds. The van der Waals surface area contributed by atoms with Crippen LogP contribution >= 0.6 is 0 Å². The van der Waals surface area contributed by atoms with Crippen LogP contribution in [-0.4, -0.2) is 47.1 Å².